The van der Waals surface area contributed by atoms with Gasteiger partial charge < -0.3 is 18.9 Å². The highest BCUT2D eigenvalue weighted by molar-refractivity contribution is 7.86. The Morgan fingerprint density at radius 3 is 1.93 bits per heavy atom. The molecule has 1 aliphatic heterocycles. The van der Waals surface area contributed by atoms with E-state index in [-0.39, 0.29) is 4.90 Å². The molecule has 0 aliphatic carbocycles. The van der Waals surface area contributed by atoms with Crippen LogP contribution in [0.3, 0.4) is 0 Å². The van der Waals surface area contributed by atoms with E-state index < -0.39 is 59.2 Å². The Kier molecular flexibility index (Phi) is 7.33. The van der Waals surface area contributed by atoms with Gasteiger partial charge in [0.2, 0.25) is 12.4 Å². The van der Waals surface area contributed by atoms with E-state index in [4.69, 9.17) is 23.1 Å². The van der Waals surface area contributed by atoms with Crippen LogP contribution in [0.5, 0.6) is 0 Å². The molecule has 0 aromatic heterocycles. The molecular formula is C18H22O10S. The van der Waals surface area contributed by atoms with Crippen LogP contribution in [0.15, 0.2) is 29.2 Å². The first-order chi connectivity index (χ1) is 13.5. The molecule has 10 nitrogen and oxygen atoms in total. The van der Waals surface area contributed by atoms with Crippen LogP contribution in [0, 0.1) is 6.92 Å². The van der Waals surface area contributed by atoms with Crippen molar-refractivity contribution in [1.29, 1.82) is 0 Å². The highest BCUT2D eigenvalue weighted by Gasteiger charge is 2.51. The minimum Gasteiger partial charge on any atom is -0.455 e. The third kappa shape index (κ3) is 6.24. The quantitative estimate of drug-likeness (QED) is 0.348. The van der Waals surface area contributed by atoms with Gasteiger partial charge in [-0.25, -0.2) is 0 Å². The molecule has 1 fully saturated rings. The smallest absolute Gasteiger partial charge is 0.305 e. The van der Waals surface area contributed by atoms with Crippen molar-refractivity contribution in [3.05, 3.63) is 29.8 Å². The van der Waals surface area contributed by atoms with Crippen LogP contribution in [0.1, 0.15) is 26.3 Å². The van der Waals surface area contributed by atoms with Crippen molar-refractivity contribution in [2.24, 2.45) is 0 Å². The van der Waals surface area contributed by atoms with Gasteiger partial charge in [-0.05, 0) is 19.1 Å². The van der Waals surface area contributed by atoms with Gasteiger partial charge in [0.15, 0.2) is 6.10 Å². The molecule has 2 rings (SSSR count). The number of carbonyl (C=O) groups is 3. The normalized spacial score (nSPS) is 24.0. The average molecular weight is 430 g/mol. The van der Waals surface area contributed by atoms with Crippen molar-refractivity contribution in [3.8, 4) is 0 Å². The van der Waals surface area contributed by atoms with Gasteiger partial charge in [-0.3, -0.25) is 18.6 Å². The van der Waals surface area contributed by atoms with Gasteiger partial charge in [0.1, 0.15) is 6.10 Å². The summed E-state index contributed by atoms with van der Waals surface area (Å²) in [6.45, 7) is 4.58. The number of carbonyl (C=O) groups excluding carboxylic acids is 3. The molecule has 29 heavy (non-hydrogen) atoms. The summed E-state index contributed by atoms with van der Waals surface area (Å²) in [6, 6.07) is 5.98. The first-order valence-corrected chi connectivity index (χ1v) is 10.0. The third-order valence-electron chi connectivity index (χ3n) is 3.85. The van der Waals surface area contributed by atoms with Crippen molar-refractivity contribution in [1.82, 2.24) is 0 Å². The predicted molar refractivity (Wildman–Crippen MR) is 95.9 cm³/mol. The fourth-order valence-corrected chi connectivity index (χ4v) is 3.58. The van der Waals surface area contributed by atoms with Crippen molar-refractivity contribution in [3.63, 3.8) is 0 Å². The Labute approximate surface area is 168 Å². The lowest BCUT2D eigenvalue weighted by Gasteiger charge is -2.22. The summed E-state index contributed by atoms with van der Waals surface area (Å²) < 4.78 is 50.4. The number of hydrogen-bond donors (Lipinski definition) is 0. The monoisotopic (exact) mass is 430 g/mol. The molecule has 0 amide bonds. The lowest BCUT2D eigenvalue weighted by atomic mass is 10.1. The molecular weight excluding hydrogens is 408 g/mol. The maximum Gasteiger partial charge on any atom is 0.305 e. The molecule has 160 valence electrons. The second kappa shape index (κ2) is 9.33. The van der Waals surface area contributed by atoms with E-state index in [9.17, 15) is 22.8 Å². The maximum atomic E-state index is 12.4. The summed E-state index contributed by atoms with van der Waals surface area (Å²) in [5.41, 5.74) is 0.867. The lowest BCUT2D eigenvalue weighted by molar-refractivity contribution is -0.196. The SMILES string of the molecule is CC(=O)OC1O[C@H](COS(=O)(=O)c2ccc(C)cc2)[C@@H](OC(C)=O)[C@H]1OC(C)=O. The maximum absolute atomic E-state index is 12.4. The molecule has 0 bridgehead atoms. The summed E-state index contributed by atoms with van der Waals surface area (Å²) in [5, 5.41) is 0. The first-order valence-electron chi connectivity index (χ1n) is 8.63. The summed E-state index contributed by atoms with van der Waals surface area (Å²) in [6.07, 6.45) is -5.09. The number of esters is 3. The van der Waals surface area contributed by atoms with Gasteiger partial charge in [0.25, 0.3) is 10.1 Å². The predicted octanol–water partition coefficient (Wildman–Crippen LogP) is 0.852. The lowest BCUT2D eigenvalue weighted by Crippen LogP contribution is -2.42. The molecule has 1 unspecified atom stereocenters. The Bertz CT molecular complexity index is 861. The van der Waals surface area contributed by atoms with E-state index >= 15 is 0 Å². The Morgan fingerprint density at radius 1 is 0.897 bits per heavy atom. The van der Waals surface area contributed by atoms with Crippen LogP contribution < -0.4 is 0 Å². The van der Waals surface area contributed by atoms with Crippen LogP contribution >= 0.6 is 0 Å². The van der Waals surface area contributed by atoms with E-state index in [0.29, 0.717) is 0 Å². The molecule has 1 aliphatic rings. The van der Waals surface area contributed by atoms with E-state index in [1.54, 1.807) is 19.1 Å². The van der Waals surface area contributed by atoms with Crippen LogP contribution in [-0.4, -0.2) is 57.5 Å². The summed E-state index contributed by atoms with van der Waals surface area (Å²) >= 11 is 0. The second-order valence-corrected chi connectivity index (χ2v) is 7.97. The highest BCUT2D eigenvalue weighted by atomic mass is 32.2. The Hall–Kier alpha value is -2.50. The zero-order chi connectivity index (χ0) is 21.8. The number of rotatable bonds is 7. The molecule has 0 N–H and O–H groups in total. The fourth-order valence-electron chi connectivity index (χ4n) is 2.66. The van der Waals surface area contributed by atoms with E-state index in [2.05, 4.69) is 0 Å². The number of benzene rings is 1. The van der Waals surface area contributed by atoms with Gasteiger partial charge in [0.05, 0.1) is 11.5 Å². The first kappa shape index (κ1) is 22.8. The zero-order valence-electron chi connectivity index (χ0n) is 16.3. The van der Waals surface area contributed by atoms with Crippen molar-refractivity contribution < 1.29 is 45.9 Å². The van der Waals surface area contributed by atoms with E-state index in [1.807, 2.05) is 0 Å². The summed E-state index contributed by atoms with van der Waals surface area (Å²) in [4.78, 5) is 34.1. The van der Waals surface area contributed by atoms with Crippen molar-refractivity contribution in [2.45, 2.75) is 57.2 Å². The molecule has 1 heterocycles. The van der Waals surface area contributed by atoms with Crippen LogP contribution in [0.25, 0.3) is 0 Å². The van der Waals surface area contributed by atoms with Gasteiger partial charge in [-0.15, -0.1) is 0 Å². The molecule has 0 saturated carbocycles. The summed E-state index contributed by atoms with van der Waals surface area (Å²) in [5.74, 6) is -2.20. The Morgan fingerprint density at radius 2 is 1.41 bits per heavy atom. The molecule has 11 heteroatoms. The van der Waals surface area contributed by atoms with Crippen molar-refractivity contribution in [2.75, 3.05) is 6.61 Å². The number of ether oxygens (including phenoxy) is 4. The largest absolute Gasteiger partial charge is 0.455 e. The topological polar surface area (TPSA) is 132 Å². The van der Waals surface area contributed by atoms with Gasteiger partial charge in [0, 0.05) is 20.8 Å². The molecule has 0 radical (unpaired) electrons. The standard InChI is InChI=1S/C18H22O10S/c1-10-5-7-14(8-6-10)29(22,23)24-9-15-16(25-11(2)19)17(26-12(3)20)18(28-15)27-13(4)21/h5-8,15-18H,9H2,1-4H3/t15-,16-,17-,18?/m1/s1. The van der Waals surface area contributed by atoms with Gasteiger partial charge in [-0.2, -0.15) is 8.42 Å². The van der Waals surface area contributed by atoms with E-state index in [0.717, 1.165) is 26.3 Å². The van der Waals surface area contributed by atoms with Gasteiger partial charge in [-0.1, -0.05) is 17.7 Å². The highest BCUT2D eigenvalue weighted by Crippen LogP contribution is 2.29. The average Bonchev–Trinajstić information content (AvgIpc) is 2.89. The minimum absolute atomic E-state index is 0.0711. The number of hydrogen-bond acceptors (Lipinski definition) is 10. The molecule has 1 saturated heterocycles. The third-order valence-corrected chi connectivity index (χ3v) is 5.15. The molecule has 0 spiro atoms. The molecule has 1 aromatic carbocycles. The number of aryl methyl sites for hydroxylation is 1. The molecule has 4 atom stereocenters. The van der Waals surface area contributed by atoms with Crippen LogP contribution in [0.4, 0.5) is 0 Å². The van der Waals surface area contributed by atoms with Gasteiger partial charge >= 0.3 is 17.9 Å². The molecule has 1 aromatic rings. The zero-order valence-corrected chi connectivity index (χ0v) is 17.1. The Balaban J connectivity index is 2.21. The van der Waals surface area contributed by atoms with E-state index in [1.165, 1.54) is 12.1 Å². The van der Waals surface area contributed by atoms with Crippen LogP contribution in [-0.2, 0) is 47.6 Å². The van der Waals surface area contributed by atoms with Crippen LogP contribution in [0.2, 0.25) is 0 Å². The minimum atomic E-state index is -4.13. The van der Waals surface area contributed by atoms with Crippen molar-refractivity contribution >= 4 is 28.0 Å². The summed E-state index contributed by atoms with van der Waals surface area (Å²) in [7, 11) is -4.13. The fraction of sp³-hybridized carbons (Fsp3) is 0.500. The second-order valence-electron chi connectivity index (χ2n) is 6.35.